The van der Waals surface area contributed by atoms with Crippen LogP contribution in [0.4, 0.5) is 0 Å². The predicted molar refractivity (Wildman–Crippen MR) is 63.5 cm³/mol. The zero-order valence-corrected chi connectivity index (χ0v) is 9.99. The minimum Gasteiger partial charge on any atom is -0.341 e. The van der Waals surface area contributed by atoms with Crippen LogP contribution in [0.25, 0.3) is 0 Å². The van der Waals surface area contributed by atoms with Gasteiger partial charge in [-0.05, 0) is 12.0 Å². The van der Waals surface area contributed by atoms with E-state index in [0.29, 0.717) is 11.5 Å². The van der Waals surface area contributed by atoms with Crippen LogP contribution in [0.5, 0.6) is 0 Å². The van der Waals surface area contributed by atoms with E-state index in [1.165, 1.54) is 12.3 Å². The molecule has 1 aromatic heterocycles. The first-order valence-electron chi connectivity index (χ1n) is 5.48. The SMILES string of the molecule is CCC(C)CN(C)C(=O)c1ccc(=O)[nH]c1. The largest absolute Gasteiger partial charge is 0.341 e. The van der Waals surface area contributed by atoms with E-state index in [-0.39, 0.29) is 11.5 Å². The van der Waals surface area contributed by atoms with Crippen LogP contribution in [0.3, 0.4) is 0 Å². The van der Waals surface area contributed by atoms with E-state index in [1.54, 1.807) is 18.0 Å². The lowest BCUT2D eigenvalue weighted by Gasteiger charge is -2.20. The first-order valence-corrected chi connectivity index (χ1v) is 5.48. The summed E-state index contributed by atoms with van der Waals surface area (Å²) in [7, 11) is 1.78. The van der Waals surface area contributed by atoms with Crippen LogP contribution in [0, 0.1) is 5.92 Å². The molecule has 0 spiro atoms. The molecule has 1 aromatic rings. The number of nitrogens with zero attached hydrogens (tertiary/aromatic N) is 1. The molecule has 4 heteroatoms. The molecule has 1 amide bonds. The van der Waals surface area contributed by atoms with E-state index in [1.807, 2.05) is 0 Å². The number of carbonyl (C=O) groups is 1. The molecule has 88 valence electrons. The maximum Gasteiger partial charge on any atom is 0.255 e. The lowest BCUT2D eigenvalue weighted by atomic mass is 10.1. The van der Waals surface area contributed by atoms with Crippen molar-refractivity contribution in [2.24, 2.45) is 5.92 Å². The Morgan fingerprint density at radius 2 is 2.19 bits per heavy atom. The maximum absolute atomic E-state index is 11.9. The Bertz CT molecular complexity index is 391. The maximum atomic E-state index is 11.9. The van der Waals surface area contributed by atoms with Crippen molar-refractivity contribution < 1.29 is 4.79 Å². The number of hydrogen-bond acceptors (Lipinski definition) is 2. The van der Waals surface area contributed by atoms with E-state index in [2.05, 4.69) is 18.8 Å². The van der Waals surface area contributed by atoms with E-state index in [4.69, 9.17) is 0 Å². The van der Waals surface area contributed by atoms with Gasteiger partial charge in [0.2, 0.25) is 5.56 Å². The first-order chi connectivity index (χ1) is 7.54. The summed E-state index contributed by atoms with van der Waals surface area (Å²) in [5.41, 5.74) is 0.325. The van der Waals surface area contributed by atoms with Crippen LogP contribution in [0.1, 0.15) is 30.6 Å². The Kier molecular flexibility index (Phi) is 4.28. The van der Waals surface area contributed by atoms with Crippen molar-refractivity contribution in [3.8, 4) is 0 Å². The summed E-state index contributed by atoms with van der Waals surface area (Å²) < 4.78 is 0. The molecule has 1 N–H and O–H groups in total. The monoisotopic (exact) mass is 222 g/mol. The molecule has 0 aromatic carbocycles. The molecule has 0 saturated heterocycles. The third kappa shape index (κ3) is 3.22. The second kappa shape index (κ2) is 5.49. The highest BCUT2D eigenvalue weighted by Gasteiger charge is 2.13. The van der Waals surface area contributed by atoms with Crippen LogP contribution in [-0.4, -0.2) is 29.4 Å². The van der Waals surface area contributed by atoms with E-state index in [0.717, 1.165) is 13.0 Å². The number of carbonyl (C=O) groups excluding carboxylic acids is 1. The fourth-order valence-corrected chi connectivity index (χ4v) is 1.44. The molecule has 0 aliphatic rings. The topological polar surface area (TPSA) is 53.2 Å². The van der Waals surface area contributed by atoms with Crippen molar-refractivity contribution in [1.82, 2.24) is 9.88 Å². The summed E-state index contributed by atoms with van der Waals surface area (Å²) >= 11 is 0. The average Bonchev–Trinajstić information content (AvgIpc) is 2.28. The van der Waals surface area contributed by atoms with Gasteiger partial charge in [0, 0.05) is 25.9 Å². The molecule has 0 aliphatic heterocycles. The van der Waals surface area contributed by atoms with Gasteiger partial charge in [0.25, 0.3) is 5.91 Å². The summed E-state index contributed by atoms with van der Waals surface area (Å²) in [4.78, 5) is 27.0. The minimum atomic E-state index is -0.193. The van der Waals surface area contributed by atoms with E-state index < -0.39 is 0 Å². The molecule has 1 atom stereocenters. The molecule has 16 heavy (non-hydrogen) atoms. The van der Waals surface area contributed by atoms with Crippen LogP contribution in [0.15, 0.2) is 23.1 Å². The van der Waals surface area contributed by atoms with Gasteiger partial charge < -0.3 is 9.88 Å². The fourth-order valence-electron chi connectivity index (χ4n) is 1.44. The summed E-state index contributed by atoms with van der Waals surface area (Å²) in [5.74, 6) is 0.424. The average molecular weight is 222 g/mol. The molecule has 1 rings (SSSR count). The van der Waals surface area contributed by atoms with E-state index in [9.17, 15) is 9.59 Å². The van der Waals surface area contributed by atoms with Crippen molar-refractivity contribution in [3.05, 3.63) is 34.2 Å². The summed E-state index contributed by atoms with van der Waals surface area (Å²) in [6, 6.07) is 2.92. The summed E-state index contributed by atoms with van der Waals surface area (Å²) in [6.07, 6.45) is 2.50. The third-order valence-electron chi connectivity index (χ3n) is 2.66. The van der Waals surface area contributed by atoms with Crippen molar-refractivity contribution in [2.45, 2.75) is 20.3 Å². The van der Waals surface area contributed by atoms with Crippen molar-refractivity contribution in [1.29, 1.82) is 0 Å². The first kappa shape index (κ1) is 12.5. The molecule has 0 radical (unpaired) electrons. The molecule has 1 unspecified atom stereocenters. The normalized spacial score (nSPS) is 12.2. The van der Waals surface area contributed by atoms with Crippen molar-refractivity contribution >= 4 is 5.91 Å². The molecule has 0 aliphatic carbocycles. The number of pyridine rings is 1. The minimum absolute atomic E-state index is 0.0587. The predicted octanol–water partition coefficient (Wildman–Crippen LogP) is 1.49. The number of aromatic nitrogens is 1. The molecular weight excluding hydrogens is 204 g/mol. The molecular formula is C12H18N2O2. The van der Waals surface area contributed by atoms with Crippen LogP contribution < -0.4 is 5.56 Å². The smallest absolute Gasteiger partial charge is 0.255 e. The Morgan fingerprint density at radius 1 is 1.50 bits per heavy atom. The molecule has 0 saturated carbocycles. The summed E-state index contributed by atoms with van der Waals surface area (Å²) in [6.45, 7) is 4.94. The number of rotatable bonds is 4. The Hall–Kier alpha value is -1.58. The standard InChI is InChI=1S/C12H18N2O2/c1-4-9(2)8-14(3)12(16)10-5-6-11(15)13-7-10/h5-7,9H,4,8H2,1-3H3,(H,13,15). The number of amides is 1. The van der Waals surface area contributed by atoms with E-state index >= 15 is 0 Å². The van der Waals surface area contributed by atoms with Crippen LogP contribution in [-0.2, 0) is 0 Å². The number of aromatic amines is 1. The van der Waals surface area contributed by atoms with Gasteiger partial charge >= 0.3 is 0 Å². The lowest BCUT2D eigenvalue weighted by molar-refractivity contribution is 0.0774. The van der Waals surface area contributed by atoms with Crippen LogP contribution in [0.2, 0.25) is 0 Å². The van der Waals surface area contributed by atoms with Gasteiger partial charge in [-0.1, -0.05) is 20.3 Å². The third-order valence-corrected chi connectivity index (χ3v) is 2.66. The summed E-state index contributed by atoms with van der Waals surface area (Å²) in [5, 5.41) is 0. The Balaban J connectivity index is 2.70. The van der Waals surface area contributed by atoms with Gasteiger partial charge in [-0.15, -0.1) is 0 Å². The van der Waals surface area contributed by atoms with Crippen molar-refractivity contribution in [2.75, 3.05) is 13.6 Å². The highest BCUT2D eigenvalue weighted by atomic mass is 16.2. The second-order valence-electron chi connectivity index (χ2n) is 4.14. The molecule has 1 heterocycles. The van der Waals surface area contributed by atoms with Gasteiger partial charge in [-0.25, -0.2) is 0 Å². The van der Waals surface area contributed by atoms with Gasteiger partial charge in [0.15, 0.2) is 0 Å². The van der Waals surface area contributed by atoms with Crippen molar-refractivity contribution in [3.63, 3.8) is 0 Å². The Morgan fingerprint density at radius 3 is 2.69 bits per heavy atom. The zero-order valence-electron chi connectivity index (χ0n) is 9.99. The molecule has 4 nitrogen and oxygen atoms in total. The fraction of sp³-hybridized carbons (Fsp3) is 0.500. The van der Waals surface area contributed by atoms with Gasteiger partial charge in [-0.2, -0.15) is 0 Å². The van der Waals surface area contributed by atoms with Crippen LogP contribution >= 0.6 is 0 Å². The lowest BCUT2D eigenvalue weighted by Crippen LogP contribution is -2.31. The van der Waals surface area contributed by atoms with Gasteiger partial charge in [0.1, 0.15) is 0 Å². The number of H-pyrrole nitrogens is 1. The van der Waals surface area contributed by atoms with Gasteiger partial charge in [-0.3, -0.25) is 9.59 Å². The second-order valence-corrected chi connectivity index (χ2v) is 4.14. The molecule has 0 fully saturated rings. The quantitative estimate of drug-likeness (QED) is 0.839. The number of hydrogen-bond donors (Lipinski definition) is 1. The highest BCUT2D eigenvalue weighted by Crippen LogP contribution is 2.06. The Labute approximate surface area is 95.3 Å². The van der Waals surface area contributed by atoms with Gasteiger partial charge in [0.05, 0.1) is 5.56 Å². The zero-order chi connectivity index (χ0) is 12.1. The highest BCUT2D eigenvalue weighted by molar-refractivity contribution is 5.93. The number of nitrogens with one attached hydrogen (secondary N) is 1. The molecule has 0 bridgehead atoms.